The number of hydrogen-bond donors (Lipinski definition) is 2. The Morgan fingerprint density at radius 3 is 2.88 bits per heavy atom. The van der Waals surface area contributed by atoms with Crippen molar-refractivity contribution in [1.29, 1.82) is 0 Å². The summed E-state index contributed by atoms with van der Waals surface area (Å²) in [6, 6.07) is 6.00. The molecule has 2 rings (SSSR count). The van der Waals surface area contributed by atoms with E-state index in [1.807, 2.05) is 24.6 Å². The molecule has 0 fully saturated rings. The van der Waals surface area contributed by atoms with E-state index in [1.165, 1.54) is 10.4 Å². The molecule has 2 aromatic rings. The maximum atomic E-state index is 5.89. The zero-order valence-corrected chi connectivity index (χ0v) is 10.3. The molecule has 3 nitrogen and oxygen atoms in total. The van der Waals surface area contributed by atoms with Crippen molar-refractivity contribution in [1.82, 2.24) is 4.98 Å². The molecule has 0 saturated carbocycles. The predicted molar refractivity (Wildman–Crippen MR) is 69.8 cm³/mol. The highest BCUT2D eigenvalue weighted by molar-refractivity contribution is 7.09. The molecule has 0 radical (unpaired) electrons. The van der Waals surface area contributed by atoms with Crippen molar-refractivity contribution >= 4 is 22.7 Å². The lowest BCUT2D eigenvalue weighted by Gasteiger charge is -2.09. The fourth-order valence-electron chi connectivity index (χ4n) is 1.49. The minimum atomic E-state index is 0.782. The molecule has 1 aromatic carbocycles. The lowest BCUT2D eigenvalue weighted by atomic mass is 10.2. The number of thiazole rings is 1. The van der Waals surface area contributed by atoms with Crippen LogP contribution in [0.25, 0.3) is 0 Å². The first-order valence-corrected chi connectivity index (χ1v) is 6.04. The number of aryl methyl sites for hydroxylation is 2. The number of anilines is 2. The average Bonchev–Trinajstić information content (AvgIpc) is 2.66. The first kappa shape index (κ1) is 11.0. The fraction of sp³-hybridized carbons (Fsp3) is 0.250. The molecule has 0 aliphatic rings. The van der Waals surface area contributed by atoms with Crippen molar-refractivity contribution in [2.75, 3.05) is 11.1 Å². The first-order chi connectivity index (χ1) is 7.66. The van der Waals surface area contributed by atoms with Crippen molar-refractivity contribution in [2.45, 2.75) is 20.4 Å². The summed E-state index contributed by atoms with van der Waals surface area (Å²) in [5, 5.41) is 3.34. The van der Waals surface area contributed by atoms with Crippen LogP contribution in [0.5, 0.6) is 0 Å². The number of benzene rings is 1. The number of nitrogens with zero attached hydrogens (tertiary/aromatic N) is 1. The Morgan fingerprint density at radius 2 is 2.19 bits per heavy atom. The van der Waals surface area contributed by atoms with Crippen molar-refractivity contribution in [3.8, 4) is 0 Å². The number of nitrogens with two attached hydrogens (primary N) is 1. The van der Waals surface area contributed by atoms with E-state index in [9.17, 15) is 0 Å². The van der Waals surface area contributed by atoms with E-state index < -0.39 is 0 Å². The van der Waals surface area contributed by atoms with Crippen molar-refractivity contribution in [3.05, 3.63) is 39.8 Å². The van der Waals surface area contributed by atoms with Gasteiger partial charge in [0.2, 0.25) is 0 Å². The molecule has 84 valence electrons. The first-order valence-electron chi connectivity index (χ1n) is 5.16. The van der Waals surface area contributed by atoms with Crippen molar-refractivity contribution < 1.29 is 0 Å². The summed E-state index contributed by atoms with van der Waals surface area (Å²) in [5.74, 6) is 0. The van der Waals surface area contributed by atoms with Gasteiger partial charge >= 0.3 is 0 Å². The molecule has 0 amide bonds. The van der Waals surface area contributed by atoms with Gasteiger partial charge in [-0.2, -0.15) is 0 Å². The molecule has 0 spiro atoms. The van der Waals surface area contributed by atoms with Gasteiger partial charge in [-0.25, -0.2) is 4.98 Å². The molecule has 0 atom stereocenters. The van der Waals surface area contributed by atoms with Gasteiger partial charge in [0.1, 0.15) is 0 Å². The third-order valence-corrected chi connectivity index (χ3v) is 3.43. The zero-order chi connectivity index (χ0) is 11.5. The number of nitrogen functional groups attached to an aromatic ring is 1. The average molecular weight is 233 g/mol. The topological polar surface area (TPSA) is 50.9 Å². The van der Waals surface area contributed by atoms with Gasteiger partial charge in [0, 0.05) is 4.88 Å². The normalized spacial score (nSPS) is 10.4. The number of hydrogen-bond acceptors (Lipinski definition) is 4. The third-order valence-electron chi connectivity index (χ3n) is 2.49. The van der Waals surface area contributed by atoms with Gasteiger partial charge in [-0.15, -0.1) is 11.3 Å². The van der Waals surface area contributed by atoms with Crippen LogP contribution >= 0.6 is 11.3 Å². The largest absolute Gasteiger partial charge is 0.397 e. The second kappa shape index (κ2) is 4.53. The molecule has 0 aliphatic heterocycles. The smallest absolute Gasteiger partial charge is 0.0798 e. The van der Waals surface area contributed by atoms with Gasteiger partial charge < -0.3 is 11.1 Å². The maximum Gasteiger partial charge on any atom is 0.0798 e. The Balaban J connectivity index is 2.10. The molecule has 3 N–H and O–H groups in total. The van der Waals surface area contributed by atoms with Crippen LogP contribution in [0.15, 0.2) is 23.7 Å². The summed E-state index contributed by atoms with van der Waals surface area (Å²) in [6.07, 6.45) is 0. The molecular weight excluding hydrogens is 218 g/mol. The van der Waals surface area contributed by atoms with Crippen LogP contribution in [0.1, 0.15) is 16.1 Å². The van der Waals surface area contributed by atoms with Gasteiger partial charge in [0.25, 0.3) is 0 Å². The molecule has 1 heterocycles. The standard InChI is InChI=1S/C12H15N3S/c1-8-3-4-10(13)11(5-8)14-6-12-9(2)15-7-16-12/h3-5,7,14H,6,13H2,1-2H3. The highest BCUT2D eigenvalue weighted by Crippen LogP contribution is 2.21. The van der Waals surface area contributed by atoms with Crippen LogP contribution in [0, 0.1) is 13.8 Å². The van der Waals surface area contributed by atoms with Crippen LogP contribution in [-0.4, -0.2) is 4.98 Å². The molecule has 0 unspecified atom stereocenters. The Labute approximate surface area is 99.3 Å². The molecule has 0 bridgehead atoms. The van der Waals surface area contributed by atoms with Crippen LogP contribution in [-0.2, 0) is 6.54 Å². The van der Waals surface area contributed by atoms with E-state index in [2.05, 4.69) is 23.3 Å². The highest BCUT2D eigenvalue weighted by Gasteiger charge is 2.03. The summed E-state index contributed by atoms with van der Waals surface area (Å²) in [7, 11) is 0. The quantitative estimate of drug-likeness (QED) is 0.801. The summed E-state index contributed by atoms with van der Waals surface area (Å²) < 4.78 is 0. The maximum absolute atomic E-state index is 5.89. The molecule has 0 saturated heterocycles. The molecule has 16 heavy (non-hydrogen) atoms. The lowest BCUT2D eigenvalue weighted by molar-refractivity contribution is 1.12. The van der Waals surface area contributed by atoms with E-state index in [0.717, 1.165) is 23.6 Å². The van der Waals surface area contributed by atoms with Crippen LogP contribution in [0.3, 0.4) is 0 Å². The van der Waals surface area contributed by atoms with Crippen LogP contribution < -0.4 is 11.1 Å². The van der Waals surface area contributed by atoms with Crippen LogP contribution in [0.2, 0.25) is 0 Å². The number of nitrogens with one attached hydrogen (secondary N) is 1. The summed E-state index contributed by atoms with van der Waals surface area (Å²) >= 11 is 1.66. The lowest BCUT2D eigenvalue weighted by Crippen LogP contribution is -2.02. The molecular formula is C12H15N3S. The summed E-state index contributed by atoms with van der Waals surface area (Å²) in [6.45, 7) is 4.86. The van der Waals surface area contributed by atoms with Gasteiger partial charge in [0.05, 0.1) is 29.1 Å². The molecule has 1 aromatic heterocycles. The Hall–Kier alpha value is -1.55. The van der Waals surface area contributed by atoms with E-state index in [0.29, 0.717) is 0 Å². The monoisotopic (exact) mass is 233 g/mol. The van der Waals surface area contributed by atoms with Crippen molar-refractivity contribution in [3.63, 3.8) is 0 Å². The van der Waals surface area contributed by atoms with Crippen molar-refractivity contribution in [2.24, 2.45) is 0 Å². The molecule has 0 aliphatic carbocycles. The Bertz CT molecular complexity index is 491. The zero-order valence-electron chi connectivity index (χ0n) is 9.45. The Kier molecular flexibility index (Phi) is 3.10. The number of aromatic nitrogens is 1. The van der Waals surface area contributed by atoms with E-state index in [4.69, 9.17) is 5.73 Å². The van der Waals surface area contributed by atoms with Gasteiger partial charge in [-0.3, -0.25) is 0 Å². The minimum Gasteiger partial charge on any atom is -0.397 e. The summed E-state index contributed by atoms with van der Waals surface area (Å²) in [4.78, 5) is 5.47. The second-order valence-electron chi connectivity index (χ2n) is 3.81. The predicted octanol–water partition coefficient (Wildman–Crippen LogP) is 2.95. The second-order valence-corrected chi connectivity index (χ2v) is 4.74. The Morgan fingerprint density at radius 1 is 1.38 bits per heavy atom. The fourth-order valence-corrected chi connectivity index (χ4v) is 2.21. The highest BCUT2D eigenvalue weighted by atomic mass is 32.1. The van der Waals surface area contributed by atoms with Crippen LogP contribution in [0.4, 0.5) is 11.4 Å². The summed E-state index contributed by atoms with van der Waals surface area (Å²) in [5.41, 5.74) is 11.8. The van der Waals surface area contributed by atoms with Gasteiger partial charge in [0.15, 0.2) is 0 Å². The van der Waals surface area contributed by atoms with E-state index in [1.54, 1.807) is 11.3 Å². The third kappa shape index (κ3) is 2.33. The minimum absolute atomic E-state index is 0.782. The van der Waals surface area contributed by atoms with E-state index >= 15 is 0 Å². The SMILES string of the molecule is Cc1ccc(N)c(NCc2scnc2C)c1. The van der Waals surface area contributed by atoms with Gasteiger partial charge in [-0.05, 0) is 31.5 Å². The van der Waals surface area contributed by atoms with E-state index in [-0.39, 0.29) is 0 Å². The molecule has 4 heteroatoms. The number of rotatable bonds is 3. The van der Waals surface area contributed by atoms with Gasteiger partial charge in [-0.1, -0.05) is 6.07 Å².